The highest BCUT2D eigenvalue weighted by Gasteiger charge is 2.14. The SMILES string of the molecule is O=C(C=Cc1ccc(S(=O)(=O)NCc2ccco2)cc1)Nc1ccc2ncccc2c1. The number of aromatic nitrogens is 1. The minimum absolute atomic E-state index is 0.0714. The van der Waals surface area contributed by atoms with Crippen LogP contribution in [-0.2, 0) is 21.4 Å². The first-order valence-corrected chi connectivity index (χ1v) is 10.9. The van der Waals surface area contributed by atoms with E-state index in [1.807, 2.05) is 24.3 Å². The molecule has 0 saturated carbocycles. The largest absolute Gasteiger partial charge is 0.468 e. The first-order chi connectivity index (χ1) is 15.0. The Morgan fingerprint density at radius 1 is 1.03 bits per heavy atom. The van der Waals surface area contributed by atoms with Crippen molar-refractivity contribution >= 4 is 38.6 Å². The molecule has 4 rings (SSSR count). The van der Waals surface area contributed by atoms with Crippen LogP contribution in [0.4, 0.5) is 5.69 Å². The summed E-state index contributed by atoms with van der Waals surface area (Å²) < 4.78 is 32.3. The Labute approximate surface area is 179 Å². The van der Waals surface area contributed by atoms with Crippen LogP contribution < -0.4 is 10.0 Å². The van der Waals surface area contributed by atoms with E-state index in [4.69, 9.17) is 4.42 Å². The molecule has 4 aromatic rings. The second kappa shape index (κ2) is 8.95. The quantitative estimate of drug-likeness (QED) is 0.430. The van der Waals surface area contributed by atoms with E-state index in [9.17, 15) is 13.2 Å². The molecule has 1 amide bonds. The van der Waals surface area contributed by atoms with Crippen molar-refractivity contribution in [3.8, 4) is 0 Å². The number of rotatable bonds is 7. The number of furan rings is 1. The van der Waals surface area contributed by atoms with E-state index in [1.165, 1.54) is 24.5 Å². The summed E-state index contributed by atoms with van der Waals surface area (Å²) in [6, 6.07) is 18.9. The predicted molar refractivity (Wildman–Crippen MR) is 119 cm³/mol. The Morgan fingerprint density at radius 3 is 2.65 bits per heavy atom. The van der Waals surface area contributed by atoms with Gasteiger partial charge in [-0.25, -0.2) is 13.1 Å². The molecule has 2 N–H and O–H groups in total. The maximum absolute atomic E-state index is 12.4. The molecule has 0 aliphatic heterocycles. The molecule has 0 bridgehead atoms. The molecular formula is C23H19N3O4S. The molecule has 2 heterocycles. The van der Waals surface area contributed by atoms with Gasteiger partial charge in [0.05, 0.1) is 23.2 Å². The molecule has 8 heteroatoms. The van der Waals surface area contributed by atoms with Crippen LogP contribution in [0.25, 0.3) is 17.0 Å². The van der Waals surface area contributed by atoms with Crippen LogP contribution in [0.15, 0.2) is 94.6 Å². The summed E-state index contributed by atoms with van der Waals surface area (Å²) in [6.45, 7) is 0.0714. The zero-order valence-electron chi connectivity index (χ0n) is 16.4. The Morgan fingerprint density at radius 2 is 1.87 bits per heavy atom. The Hall–Kier alpha value is -3.75. The number of hydrogen-bond acceptors (Lipinski definition) is 5. The van der Waals surface area contributed by atoms with E-state index in [2.05, 4.69) is 15.0 Å². The monoisotopic (exact) mass is 433 g/mol. The number of nitrogens with one attached hydrogen (secondary N) is 2. The summed E-state index contributed by atoms with van der Waals surface area (Å²) in [5.74, 6) is 0.233. The molecule has 31 heavy (non-hydrogen) atoms. The summed E-state index contributed by atoms with van der Waals surface area (Å²) in [7, 11) is -3.66. The molecule has 0 spiro atoms. The normalized spacial score (nSPS) is 11.7. The topological polar surface area (TPSA) is 101 Å². The van der Waals surface area contributed by atoms with Crippen LogP contribution in [-0.4, -0.2) is 19.3 Å². The standard InChI is InChI=1S/C23H19N3O4S/c27-23(26-19-8-11-22-18(15-19)3-1-13-24-22)12-7-17-5-9-21(10-6-17)31(28,29)25-16-20-4-2-14-30-20/h1-15,25H,16H2,(H,26,27). The van der Waals surface area contributed by atoms with Gasteiger partial charge in [-0.15, -0.1) is 0 Å². The van der Waals surface area contributed by atoms with E-state index in [-0.39, 0.29) is 17.3 Å². The molecule has 2 aromatic heterocycles. The van der Waals surface area contributed by atoms with Crippen LogP contribution in [0.2, 0.25) is 0 Å². The summed E-state index contributed by atoms with van der Waals surface area (Å²) in [4.78, 5) is 16.6. The first kappa shape index (κ1) is 20.5. The number of carbonyl (C=O) groups excluding carboxylic acids is 1. The van der Waals surface area contributed by atoms with Gasteiger partial charge in [-0.1, -0.05) is 18.2 Å². The number of amides is 1. The van der Waals surface area contributed by atoms with E-state index in [0.29, 0.717) is 17.0 Å². The molecule has 0 radical (unpaired) electrons. The maximum Gasteiger partial charge on any atom is 0.248 e. The minimum atomic E-state index is -3.66. The molecule has 0 unspecified atom stereocenters. The smallest absolute Gasteiger partial charge is 0.248 e. The van der Waals surface area contributed by atoms with Crippen LogP contribution in [0, 0.1) is 0 Å². The fourth-order valence-electron chi connectivity index (χ4n) is 2.93. The van der Waals surface area contributed by atoms with Gasteiger partial charge in [-0.3, -0.25) is 9.78 Å². The molecular weight excluding hydrogens is 414 g/mol. The van der Waals surface area contributed by atoms with E-state index >= 15 is 0 Å². The van der Waals surface area contributed by atoms with Gasteiger partial charge in [-0.05, 0) is 60.2 Å². The molecule has 7 nitrogen and oxygen atoms in total. The van der Waals surface area contributed by atoms with Crippen molar-refractivity contribution < 1.29 is 17.6 Å². The Kier molecular flexibility index (Phi) is 5.92. The van der Waals surface area contributed by atoms with Gasteiger partial charge < -0.3 is 9.73 Å². The molecule has 0 fully saturated rings. The highest BCUT2D eigenvalue weighted by Crippen LogP contribution is 2.17. The van der Waals surface area contributed by atoms with Crippen molar-refractivity contribution in [3.63, 3.8) is 0 Å². The lowest BCUT2D eigenvalue weighted by Crippen LogP contribution is -2.22. The highest BCUT2D eigenvalue weighted by molar-refractivity contribution is 7.89. The van der Waals surface area contributed by atoms with Gasteiger partial charge in [0.15, 0.2) is 0 Å². The van der Waals surface area contributed by atoms with Crippen molar-refractivity contribution in [1.82, 2.24) is 9.71 Å². The molecule has 156 valence electrons. The van der Waals surface area contributed by atoms with E-state index < -0.39 is 10.0 Å². The average molecular weight is 433 g/mol. The van der Waals surface area contributed by atoms with E-state index in [0.717, 1.165) is 10.9 Å². The van der Waals surface area contributed by atoms with Crippen LogP contribution in [0.1, 0.15) is 11.3 Å². The number of nitrogens with zero attached hydrogens (tertiary/aromatic N) is 1. The number of carbonyl (C=O) groups is 1. The van der Waals surface area contributed by atoms with Gasteiger partial charge in [0.25, 0.3) is 0 Å². The third-order valence-corrected chi connectivity index (χ3v) is 5.92. The summed E-state index contributed by atoms with van der Waals surface area (Å²) in [5, 5.41) is 3.73. The van der Waals surface area contributed by atoms with Crippen LogP contribution in [0.5, 0.6) is 0 Å². The first-order valence-electron chi connectivity index (χ1n) is 9.46. The van der Waals surface area contributed by atoms with Crippen molar-refractivity contribution in [2.75, 3.05) is 5.32 Å². The van der Waals surface area contributed by atoms with Gasteiger partial charge in [-0.2, -0.15) is 0 Å². The lowest BCUT2D eigenvalue weighted by atomic mass is 10.2. The fraction of sp³-hybridized carbons (Fsp3) is 0.0435. The number of fused-ring (bicyclic) bond motifs is 1. The number of benzene rings is 2. The third-order valence-electron chi connectivity index (χ3n) is 4.50. The minimum Gasteiger partial charge on any atom is -0.468 e. The molecule has 0 aliphatic carbocycles. The van der Waals surface area contributed by atoms with Crippen molar-refractivity contribution in [2.45, 2.75) is 11.4 Å². The Bertz CT molecular complexity index is 1330. The fourth-order valence-corrected chi connectivity index (χ4v) is 3.92. The van der Waals surface area contributed by atoms with Crippen molar-refractivity contribution in [1.29, 1.82) is 0 Å². The van der Waals surface area contributed by atoms with Gasteiger partial charge in [0.1, 0.15) is 5.76 Å². The van der Waals surface area contributed by atoms with Crippen molar-refractivity contribution in [3.05, 3.63) is 96.6 Å². The molecule has 0 saturated heterocycles. The summed E-state index contributed by atoms with van der Waals surface area (Å²) in [5.41, 5.74) is 2.21. The third kappa shape index (κ3) is 5.25. The zero-order chi connectivity index (χ0) is 21.7. The lowest BCUT2D eigenvalue weighted by Gasteiger charge is -2.06. The number of pyridine rings is 1. The lowest BCUT2D eigenvalue weighted by molar-refractivity contribution is -0.111. The average Bonchev–Trinajstić information content (AvgIpc) is 3.30. The molecule has 0 aliphatic rings. The van der Waals surface area contributed by atoms with Crippen LogP contribution in [0.3, 0.4) is 0 Å². The van der Waals surface area contributed by atoms with Gasteiger partial charge in [0.2, 0.25) is 15.9 Å². The summed E-state index contributed by atoms with van der Waals surface area (Å²) >= 11 is 0. The second-order valence-corrected chi connectivity index (χ2v) is 8.47. The predicted octanol–water partition coefficient (Wildman–Crippen LogP) is 3.96. The second-order valence-electron chi connectivity index (χ2n) is 6.71. The van der Waals surface area contributed by atoms with Gasteiger partial charge in [0, 0.05) is 23.3 Å². The van der Waals surface area contributed by atoms with Crippen LogP contribution >= 0.6 is 0 Å². The van der Waals surface area contributed by atoms with E-state index in [1.54, 1.807) is 42.6 Å². The number of sulfonamides is 1. The number of hydrogen-bond donors (Lipinski definition) is 2. The maximum atomic E-state index is 12.4. The summed E-state index contributed by atoms with van der Waals surface area (Å²) in [6.07, 6.45) is 6.21. The molecule has 0 atom stereocenters. The zero-order valence-corrected chi connectivity index (χ0v) is 17.2. The van der Waals surface area contributed by atoms with Crippen molar-refractivity contribution in [2.24, 2.45) is 0 Å². The molecule has 2 aromatic carbocycles. The highest BCUT2D eigenvalue weighted by atomic mass is 32.2. The van der Waals surface area contributed by atoms with Gasteiger partial charge >= 0.3 is 0 Å². The number of anilines is 1. The Balaban J connectivity index is 1.37.